The summed E-state index contributed by atoms with van der Waals surface area (Å²) in [5.74, 6) is -0.417. The van der Waals surface area contributed by atoms with Gasteiger partial charge in [0, 0.05) is 17.1 Å². The van der Waals surface area contributed by atoms with Crippen LogP contribution in [0.25, 0.3) is 6.08 Å². The van der Waals surface area contributed by atoms with Crippen molar-refractivity contribution in [1.82, 2.24) is 0 Å². The van der Waals surface area contributed by atoms with E-state index >= 15 is 0 Å². The number of nitrogens with one attached hydrogen (secondary N) is 1. The van der Waals surface area contributed by atoms with Crippen LogP contribution in [0, 0.1) is 11.3 Å². The molecule has 6 nitrogen and oxygen atoms in total. The molecule has 0 atom stereocenters. The largest absolute Gasteiger partial charge is 0.496 e. The van der Waals surface area contributed by atoms with Crippen molar-refractivity contribution in [3.8, 4) is 11.8 Å². The molecular formula is C26H21ClN2O4. The van der Waals surface area contributed by atoms with Crippen LogP contribution in [0.5, 0.6) is 5.75 Å². The van der Waals surface area contributed by atoms with Gasteiger partial charge in [0.2, 0.25) is 0 Å². The maximum atomic E-state index is 12.6. The van der Waals surface area contributed by atoms with Gasteiger partial charge in [-0.2, -0.15) is 5.26 Å². The molecule has 0 aliphatic carbocycles. The molecule has 0 saturated carbocycles. The topological polar surface area (TPSA) is 88.4 Å². The molecular weight excluding hydrogens is 440 g/mol. The number of halogens is 1. The number of carbonyl (C=O) groups is 2. The summed E-state index contributed by atoms with van der Waals surface area (Å²) < 4.78 is 10.2. The molecule has 3 aromatic rings. The molecule has 0 aliphatic rings. The molecule has 0 heterocycles. The van der Waals surface area contributed by atoms with E-state index in [-0.39, 0.29) is 5.57 Å². The number of methoxy groups -OCH3 is 2. The van der Waals surface area contributed by atoms with E-state index in [1.165, 1.54) is 25.3 Å². The summed E-state index contributed by atoms with van der Waals surface area (Å²) in [7, 11) is 2.86. The van der Waals surface area contributed by atoms with Crippen molar-refractivity contribution in [1.29, 1.82) is 5.26 Å². The highest BCUT2D eigenvalue weighted by atomic mass is 35.5. The zero-order valence-electron chi connectivity index (χ0n) is 18.1. The summed E-state index contributed by atoms with van der Waals surface area (Å²) in [6, 6.07) is 21.1. The number of nitriles is 1. The lowest BCUT2D eigenvalue weighted by Crippen LogP contribution is -2.13. The number of esters is 1. The number of anilines is 1. The standard InChI is InChI=1S/C26H21ClN2O4/c1-32-24-14-17(7-8-20(24)15-19-5-3-4-6-23(19)27)13-21(16-28)25(30)29-22-11-9-18(10-12-22)26(31)33-2/h3-14H,15H2,1-2H3,(H,29,30)/b21-13+. The highest BCUT2D eigenvalue weighted by Gasteiger charge is 2.12. The van der Waals surface area contributed by atoms with Crippen LogP contribution in [0.1, 0.15) is 27.0 Å². The number of hydrogen-bond donors (Lipinski definition) is 1. The molecule has 0 aromatic heterocycles. The summed E-state index contributed by atoms with van der Waals surface area (Å²) >= 11 is 6.27. The van der Waals surface area contributed by atoms with Gasteiger partial charge in [0.1, 0.15) is 17.4 Å². The van der Waals surface area contributed by atoms with Crippen LogP contribution in [0.3, 0.4) is 0 Å². The molecule has 0 radical (unpaired) electrons. The first-order valence-electron chi connectivity index (χ1n) is 9.97. The molecule has 3 rings (SSSR count). The molecule has 33 heavy (non-hydrogen) atoms. The smallest absolute Gasteiger partial charge is 0.337 e. The van der Waals surface area contributed by atoms with E-state index in [2.05, 4.69) is 10.1 Å². The van der Waals surface area contributed by atoms with Crippen LogP contribution in [-0.2, 0) is 16.0 Å². The van der Waals surface area contributed by atoms with E-state index < -0.39 is 11.9 Å². The first kappa shape index (κ1) is 23.6. The maximum Gasteiger partial charge on any atom is 0.337 e. The van der Waals surface area contributed by atoms with Gasteiger partial charge in [-0.05, 0) is 59.2 Å². The molecule has 0 fully saturated rings. The first-order valence-corrected chi connectivity index (χ1v) is 10.3. The fourth-order valence-electron chi connectivity index (χ4n) is 3.17. The van der Waals surface area contributed by atoms with Gasteiger partial charge in [0.05, 0.1) is 19.8 Å². The summed E-state index contributed by atoms with van der Waals surface area (Å²) in [6.07, 6.45) is 2.07. The molecule has 0 spiro atoms. The quantitative estimate of drug-likeness (QED) is 0.294. The zero-order valence-corrected chi connectivity index (χ0v) is 18.8. The van der Waals surface area contributed by atoms with Gasteiger partial charge < -0.3 is 14.8 Å². The van der Waals surface area contributed by atoms with E-state index in [1.807, 2.05) is 42.5 Å². The maximum absolute atomic E-state index is 12.6. The summed E-state index contributed by atoms with van der Waals surface area (Å²) in [5.41, 5.74) is 3.26. The van der Waals surface area contributed by atoms with Crippen LogP contribution in [0.2, 0.25) is 5.02 Å². The predicted molar refractivity (Wildman–Crippen MR) is 127 cm³/mol. The van der Waals surface area contributed by atoms with Gasteiger partial charge in [-0.25, -0.2) is 4.79 Å². The van der Waals surface area contributed by atoms with E-state index in [0.29, 0.717) is 34.0 Å². The Labute approximate surface area is 197 Å². The Hall–Kier alpha value is -4.08. The fraction of sp³-hybridized carbons (Fsp3) is 0.115. The number of benzene rings is 3. The lowest BCUT2D eigenvalue weighted by Gasteiger charge is -2.11. The van der Waals surface area contributed by atoms with Crippen LogP contribution in [0.15, 0.2) is 72.3 Å². The third-order valence-electron chi connectivity index (χ3n) is 4.89. The van der Waals surface area contributed by atoms with Crippen LogP contribution in [-0.4, -0.2) is 26.1 Å². The summed E-state index contributed by atoms with van der Waals surface area (Å²) in [5, 5.41) is 12.8. The van der Waals surface area contributed by atoms with E-state index in [0.717, 1.165) is 11.1 Å². The van der Waals surface area contributed by atoms with Crippen molar-refractivity contribution < 1.29 is 19.1 Å². The lowest BCUT2D eigenvalue weighted by atomic mass is 10.0. The van der Waals surface area contributed by atoms with Gasteiger partial charge >= 0.3 is 5.97 Å². The molecule has 3 aromatic carbocycles. The third-order valence-corrected chi connectivity index (χ3v) is 5.26. The SMILES string of the molecule is COC(=O)c1ccc(NC(=O)/C(C#N)=C/c2ccc(Cc3ccccc3Cl)c(OC)c2)cc1. The van der Waals surface area contributed by atoms with Crippen molar-refractivity contribution in [3.05, 3.63) is 99.6 Å². The van der Waals surface area contributed by atoms with Crippen LogP contribution < -0.4 is 10.1 Å². The highest BCUT2D eigenvalue weighted by Crippen LogP contribution is 2.27. The van der Waals surface area contributed by atoms with Gasteiger partial charge in [-0.3, -0.25) is 4.79 Å². The van der Waals surface area contributed by atoms with Gasteiger partial charge in [0.25, 0.3) is 5.91 Å². The van der Waals surface area contributed by atoms with Crippen molar-refractivity contribution in [2.24, 2.45) is 0 Å². The molecule has 0 unspecified atom stereocenters. The van der Waals surface area contributed by atoms with Crippen LogP contribution in [0.4, 0.5) is 5.69 Å². The minimum Gasteiger partial charge on any atom is -0.496 e. The second-order valence-corrected chi connectivity index (χ2v) is 7.44. The first-order chi connectivity index (χ1) is 15.9. The highest BCUT2D eigenvalue weighted by molar-refractivity contribution is 6.31. The molecule has 1 N–H and O–H groups in total. The van der Waals surface area contributed by atoms with E-state index in [4.69, 9.17) is 16.3 Å². The Bertz CT molecular complexity index is 1240. The minimum atomic E-state index is -0.567. The van der Waals surface area contributed by atoms with Crippen molar-refractivity contribution in [3.63, 3.8) is 0 Å². The van der Waals surface area contributed by atoms with Crippen molar-refractivity contribution in [2.45, 2.75) is 6.42 Å². The Balaban J connectivity index is 1.78. The lowest BCUT2D eigenvalue weighted by molar-refractivity contribution is -0.112. The molecule has 7 heteroatoms. The fourth-order valence-corrected chi connectivity index (χ4v) is 3.37. The second kappa shape index (κ2) is 11.0. The summed E-state index contributed by atoms with van der Waals surface area (Å²) in [6.45, 7) is 0. The Kier molecular flexibility index (Phi) is 7.85. The van der Waals surface area contributed by atoms with Crippen LogP contribution >= 0.6 is 11.6 Å². The normalized spacial score (nSPS) is 10.8. The molecule has 0 saturated heterocycles. The van der Waals surface area contributed by atoms with Crippen molar-refractivity contribution in [2.75, 3.05) is 19.5 Å². The number of carbonyl (C=O) groups excluding carboxylic acids is 2. The monoisotopic (exact) mass is 460 g/mol. The second-order valence-electron chi connectivity index (χ2n) is 7.03. The Morgan fingerprint density at radius 2 is 1.76 bits per heavy atom. The van der Waals surface area contributed by atoms with Gasteiger partial charge in [-0.15, -0.1) is 0 Å². The van der Waals surface area contributed by atoms with E-state index in [1.54, 1.807) is 25.3 Å². The molecule has 1 amide bonds. The Morgan fingerprint density at radius 1 is 1.03 bits per heavy atom. The molecule has 166 valence electrons. The Morgan fingerprint density at radius 3 is 2.39 bits per heavy atom. The number of amides is 1. The third kappa shape index (κ3) is 6.00. The number of hydrogen-bond acceptors (Lipinski definition) is 5. The predicted octanol–water partition coefficient (Wildman–Crippen LogP) is 5.27. The summed E-state index contributed by atoms with van der Waals surface area (Å²) in [4.78, 5) is 24.1. The number of nitrogens with zero attached hydrogens (tertiary/aromatic N) is 1. The number of rotatable bonds is 7. The molecule has 0 aliphatic heterocycles. The van der Waals surface area contributed by atoms with Gasteiger partial charge in [0.15, 0.2) is 0 Å². The van der Waals surface area contributed by atoms with Gasteiger partial charge in [-0.1, -0.05) is 41.9 Å². The number of ether oxygens (including phenoxy) is 2. The minimum absolute atomic E-state index is 0.0760. The van der Waals surface area contributed by atoms with E-state index in [9.17, 15) is 14.9 Å². The molecule has 0 bridgehead atoms. The average molecular weight is 461 g/mol. The average Bonchev–Trinajstić information content (AvgIpc) is 2.84. The van der Waals surface area contributed by atoms with Crippen molar-refractivity contribution >= 4 is 35.2 Å². The zero-order chi connectivity index (χ0) is 23.8.